The Labute approximate surface area is 148 Å². The van der Waals surface area contributed by atoms with Crippen LogP contribution >= 0.6 is 0 Å². The monoisotopic (exact) mass is 346 g/mol. The first-order valence-electron chi connectivity index (χ1n) is 8.92. The molecule has 3 aliphatic rings. The molecule has 0 spiro atoms. The summed E-state index contributed by atoms with van der Waals surface area (Å²) in [5.41, 5.74) is -0.188. The predicted octanol–water partition coefficient (Wildman–Crippen LogP) is 2.78. The molecule has 0 aromatic carbocycles. The number of carbonyl (C=O) groups excluding carboxylic acids is 3. The SMILES string of the molecule is C=C(C)C(=O)O[C@H]1CC2(C)OC(CC2=O)C(C)C[C@H]2CC(=O)C(=C)[C@@H]21. The lowest BCUT2D eigenvalue weighted by molar-refractivity contribution is -0.154. The van der Waals surface area contributed by atoms with Crippen LogP contribution in [0.1, 0.15) is 46.5 Å². The van der Waals surface area contributed by atoms with Crippen LogP contribution in [-0.4, -0.2) is 35.3 Å². The molecule has 3 unspecified atom stereocenters. The number of fused-ring (bicyclic) bond motifs is 3. The highest BCUT2D eigenvalue weighted by molar-refractivity contribution is 5.98. The molecule has 0 aromatic rings. The molecule has 1 aliphatic carbocycles. The van der Waals surface area contributed by atoms with Gasteiger partial charge in [0.2, 0.25) is 0 Å². The second-order valence-corrected chi connectivity index (χ2v) is 8.09. The van der Waals surface area contributed by atoms with Crippen LogP contribution in [0, 0.1) is 17.8 Å². The molecule has 25 heavy (non-hydrogen) atoms. The Morgan fingerprint density at radius 2 is 2.00 bits per heavy atom. The van der Waals surface area contributed by atoms with Crippen molar-refractivity contribution in [1.29, 1.82) is 0 Å². The minimum absolute atomic E-state index is 0.0314. The topological polar surface area (TPSA) is 69.7 Å². The molecule has 136 valence electrons. The normalized spacial score (nSPS) is 40.9. The average molecular weight is 346 g/mol. The van der Waals surface area contributed by atoms with E-state index in [1.54, 1.807) is 13.8 Å². The molecule has 0 aromatic heterocycles. The molecule has 2 bridgehead atoms. The Balaban J connectivity index is 1.99. The zero-order valence-electron chi connectivity index (χ0n) is 15.2. The van der Waals surface area contributed by atoms with Crippen molar-refractivity contribution in [2.75, 3.05) is 0 Å². The van der Waals surface area contributed by atoms with Crippen molar-refractivity contribution in [3.63, 3.8) is 0 Å². The molecule has 5 heteroatoms. The maximum atomic E-state index is 12.6. The number of hydrogen-bond acceptors (Lipinski definition) is 5. The smallest absolute Gasteiger partial charge is 0.333 e. The van der Waals surface area contributed by atoms with Gasteiger partial charge in [-0.25, -0.2) is 4.79 Å². The van der Waals surface area contributed by atoms with Gasteiger partial charge in [-0.2, -0.15) is 0 Å². The van der Waals surface area contributed by atoms with E-state index in [1.807, 2.05) is 0 Å². The Morgan fingerprint density at radius 3 is 2.64 bits per heavy atom. The summed E-state index contributed by atoms with van der Waals surface area (Å²) in [6.45, 7) is 13.0. The Kier molecular flexibility index (Phi) is 4.48. The van der Waals surface area contributed by atoms with Gasteiger partial charge in [0.1, 0.15) is 11.7 Å². The van der Waals surface area contributed by atoms with Crippen molar-refractivity contribution >= 4 is 17.5 Å². The van der Waals surface area contributed by atoms with Crippen LogP contribution in [-0.2, 0) is 23.9 Å². The molecule has 0 N–H and O–H groups in total. The Morgan fingerprint density at radius 1 is 1.32 bits per heavy atom. The van der Waals surface area contributed by atoms with E-state index in [9.17, 15) is 14.4 Å². The maximum absolute atomic E-state index is 12.6. The van der Waals surface area contributed by atoms with E-state index in [0.29, 0.717) is 24.0 Å². The quantitative estimate of drug-likeness (QED) is 0.568. The van der Waals surface area contributed by atoms with Gasteiger partial charge >= 0.3 is 5.97 Å². The molecule has 6 atom stereocenters. The Hall–Kier alpha value is -1.75. The molecule has 2 heterocycles. The van der Waals surface area contributed by atoms with E-state index in [4.69, 9.17) is 9.47 Å². The summed E-state index contributed by atoms with van der Waals surface area (Å²) >= 11 is 0. The second kappa shape index (κ2) is 6.20. The molecule has 0 radical (unpaired) electrons. The van der Waals surface area contributed by atoms with Crippen molar-refractivity contribution in [2.24, 2.45) is 17.8 Å². The molecule has 3 fully saturated rings. The van der Waals surface area contributed by atoms with Gasteiger partial charge in [-0.3, -0.25) is 9.59 Å². The minimum atomic E-state index is -0.986. The van der Waals surface area contributed by atoms with Crippen LogP contribution in [0.25, 0.3) is 0 Å². The first-order chi connectivity index (χ1) is 11.6. The lowest BCUT2D eigenvalue weighted by atomic mass is 9.77. The molecule has 2 saturated heterocycles. The number of Topliss-reactive ketones (excluding diaryl/α,β-unsaturated/α-hetero) is 2. The third-order valence-electron chi connectivity index (χ3n) is 6.01. The predicted molar refractivity (Wildman–Crippen MR) is 91.7 cm³/mol. The lowest BCUT2D eigenvalue weighted by Crippen LogP contribution is -2.41. The third kappa shape index (κ3) is 3.10. The van der Waals surface area contributed by atoms with Crippen molar-refractivity contribution in [1.82, 2.24) is 0 Å². The van der Waals surface area contributed by atoms with E-state index in [0.717, 1.165) is 6.42 Å². The highest BCUT2D eigenvalue weighted by Gasteiger charge is 2.54. The summed E-state index contributed by atoms with van der Waals surface area (Å²) in [5, 5.41) is 0. The fourth-order valence-electron chi connectivity index (χ4n) is 4.54. The van der Waals surface area contributed by atoms with Crippen molar-refractivity contribution in [2.45, 2.75) is 64.3 Å². The number of ketones is 2. The van der Waals surface area contributed by atoms with Gasteiger partial charge in [0, 0.05) is 30.8 Å². The highest BCUT2D eigenvalue weighted by Crippen LogP contribution is 2.47. The molecule has 1 saturated carbocycles. The first-order valence-corrected chi connectivity index (χ1v) is 8.92. The lowest BCUT2D eigenvalue weighted by Gasteiger charge is -2.32. The molecular weight excluding hydrogens is 320 g/mol. The van der Waals surface area contributed by atoms with Gasteiger partial charge in [-0.15, -0.1) is 0 Å². The fraction of sp³-hybridized carbons (Fsp3) is 0.650. The number of ether oxygens (including phenoxy) is 2. The summed E-state index contributed by atoms with van der Waals surface area (Å²) in [6.07, 6.45) is 1.06. The highest BCUT2D eigenvalue weighted by atomic mass is 16.6. The van der Waals surface area contributed by atoms with Gasteiger partial charge in [0.05, 0.1) is 6.10 Å². The van der Waals surface area contributed by atoms with Crippen molar-refractivity contribution in [3.05, 3.63) is 24.3 Å². The number of hydrogen-bond donors (Lipinski definition) is 0. The zero-order valence-corrected chi connectivity index (χ0v) is 15.2. The first kappa shape index (κ1) is 18.1. The number of esters is 1. The summed E-state index contributed by atoms with van der Waals surface area (Å²) in [4.78, 5) is 37.0. The van der Waals surface area contributed by atoms with Crippen molar-refractivity contribution in [3.8, 4) is 0 Å². The maximum Gasteiger partial charge on any atom is 0.333 e. The van der Waals surface area contributed by atoms with E-state index in [2.05, 4.69) is 20.1 Å². The van der Waals surface area contributed by atoms with Crippen LogP contribution in [0.15, 0.2) is 24.3 Å². The fourth-order valence-corrected chi connectivity index (χ4v) is 4.54. The molecule has 5 nitrogen and oxygen atoms in total. The summed E-state index contributed by atoms with van der Waals surface area (Å²) in [7, 11) is 0. The second-order valence-electron chi connectivity index (χ2n) is 8.09. The van der Waals surface area contributed by atoms with Gasteiger partial charge in [-0.05, 0) is 37.7 Å². The van der Waals surface area contributed by atoms with Crippen LogP contribution in [0.4, 0.5) is 0 Å². The van der Waals surface area contributed by atoms with Gasteiger partial charge < -0.3 is 9.47 Å². The molecular formula is C20H26O5. The molecule has 0 amide bonds. The van der Waals surface area contributed by atoms with Gasteiger partial charge in [0.15, 0.2) is 11.6 Å². The van der Waals surface area contributed by atoms with Gasteiger partial charge in [-0.1, -0.05) is 20.1 Å². The van der Waals surface area contributed by atoms with Crippen molar-refractivity contribution < 1.29 is 23.9 Å². The molecule has 2 aliphatic heterocycles. The Bertz CT molecular complexity index is 663. The third-order valence-corrected chi connectivity index (χ3v) is 6.01. The van der Waals surface area contributed by atoms with E-state index < -0.39 is 17.7 Å². The van der Waals surface area contributed by atoms with E-state index >= 15 is 0 Å². The minimum Gasteiger partial charge on any atom is -0.458 e. The molecule has 3 rings (SSSR count). The summed E-state index contributed by atoms with van der Waals surface area (Å²) < 4.78 is 11.8. The van der Waals surface area contributed by atoms with Crippen LogP contribution in [0.3, 0.4) is 0 Å². The van der Waals surface area contributed by atoms with Crippen LogP contribution < -0.4 is 0 Å². The number of carbonyl (C=O) groups is 3. The average Bonchev–Trinajstić information content (AvgIpc) is 2.96. The number of rotatable bonds is 2. The van der Waals surface area contributed by atoms with E-state index in [1.165, 1.54) is 0 Å². The standard InChI is InChI=1S/C20H26O5/c1-10(2)19(23)24-16-9-20(5)17(22)8-15(25-20)11(3)6-13-7-14(21)12(4)18(13)16/h11,13,15-16,18H,1,4,6-9H2,2-3,5H3/t11?,13-,15?,16-,18-,20?/m0/s1. The zero-order chi connectivity index (χ0) is 18.5. The van der Waals surface area contributed by atoms with Crippen LogP contribution in [0.5, 0.6) is 0 Å². The largest absolute Gasteiger partial charge is 0.458 e. The van der Waals surface area contributed by atoms with Crippen LogP contribution in [0.2, 0.25) is 0 Å². The van der Waals surface area contributed by atoms with Gasteiger partial charge in [0.25, 0.3) is 0 Å². The summed E-state index contributed by atoms with van der Waals surface area (Å²) in [6, 6.07) is 0. The summed E-state index contributed by atoms with van der Waals surface area (Å²) in [5.74, 6) is -0.468. The van der Waals surface area contributed by atoms with E-state index in [-0.39, 0.29) is 41.8 Å².